The lowest BCUT2D eigenvalue weighted by Crippen LogP contribution is -2.15. The number of aryl methyl sites for hydroxylation is 1. The fraction of sp³-hybridized carbons (Fsp3) is 0.379. The van der Waals surface area contributed by atoms with Crippen LogP contribution in [0.1, 0.15) is 59.1 Å². The Morgan fingerprint density at radius 1 is 1.00 bits per heavy atom. The molecule has 3 rings (SSSR count). The van der Waals surface area contributed by atoms with Gasteiger partial charge in [-0.3, -0.25) is 9.59 Å². The summed E-state index contributed by atoms with van der Waals surface area (Å²) in [4.78, 5) is 24.4. The van der Waals surface area contributed by atoms with Crippen molar-refractivity contribution in [3.05, 3.63) is 81.2 Å². The van der Waals surface area contributed by atoms with Gasteiger partial charge in [0.1, 0.15) is 5.83 Å². The van der Waals surface area contributed by atoms with Crippen LogP contribution < -0.4 is 5.73 Å². The van der Waals surface area contributed by atoms with Gasteiger partial charge in [0.05, 0.1) is 6.42 Å². The maximum atomic E-state index is 13.6. The van der Waals surface area contributed by atoms with Crippen molar-refractivity contribution < 1.29 is 19.1 Å². The minimum atomic E-state index is -0.867. The molecule has 180 valence electrons. The van der Waals surface area contributed by atoms with Crippen LogP contribution in [-0.4, -0.2) is 23.4 Å². The van der Waals surface area contributed by atoms with Gasteiger partial charge in [-0.1, -0.05) is 35.9 Å². The van der Waals surface area contributed by atoms with Gasteiger partial charge in [-0.15, -0.1) is 0 Å². The van der Waals surface area contributed by atoms with Crippen molar-refractivity contribution in [2.75, 3.05) is 6.54 Å². The summed E-state index contributed by atoms with van der Waals surface area (Å²) in [6, 6.07) is 8.14. The Morgan fingerprint density at radius 3 is 2.29 bits per heavy atom. The lowest BCUT2D eigenvalue weighted by molar-refractivity contribution is -0.136. The van der Waals surface area contributed by atoms with E-state index in [2.05, 4.69) is 0 Å². The molecule has 0 aromatic heterocycles. The Balaban J connectivity index is 1.99. The predicted molar refractivity (Wildman–Crippen MR) is 135 cm³/mol. The second-order valence-corrected chi connectivity index (χ2v) is 9.10. The van der Waals surface area contributed by atoms with Crippen molar-refractivity contribution in [1.82, 2.24) is 0 Å². The number of carboxylic acid groups (broad SMARTS) is 1. The molecule has 4 nitrogen and oxygen atoms in total. The topological polar surface area (TPSA) is 80.4 Å². The molecule has 5 heteroatoms. The van der Waals surface area contributed by atoms with Crippen molar-refractivity contribution in [2.24, 2.45) is 5.73 Å². The molecule has 2 aromatic rings. The summed E-state index contributed by atoms with van der Waals surface area (Å²) < 4.78 is 13.6. The maximum Gasteiger partial charge on any atom is 0.307 e. The Kier molecular flexibility index (Phi) is 8.56. The third-order valence-electron chi connectivity index (χ3n) is 6.67. The van der Waals surface area contributed by atoms with E-state index in [1.165, 1.54) is 6.08 Å². The smallest absolute Gasteiger partial charge is 0.307 e. The van der Waals surface area contributed by atoms with Crippen LogP contribution in [0.2, 0.25) is 0 Å². The van der Waals surface area contributed by atoms with Crippen molar-refractivity contribution in [3.63, 3.8) is 0 Å². The molecule has 0 spiro atoms. The molecule has 34 heavy (non-hydrogen) atoms. The predicted octanol–water partition coefficient (Wildman–Crippen LogP) is 5.87. The lowest BCUT2D eigenvalue weighted by Gasteiger charge is -2.24. The highest BCUT2D eigenvalue weighted by atomic mass is 19.1. The maximum absolute atomic E-state index is 13.6. The molecule has 0 radical (unpaired) electrons. The number of aliphatic carboxylic acids is 1. The molecule has 0 atom stereocenters. The summed E-state index contributed by atoms with van der Waals surface area (Å²) >= 11 is 0. The molecule has 0 amide bonds. The number of ketones is 1. The van der Waals surface area contributed by atoms with E-state index in [0.717, 1.165) is 44.5 Å². The standard InChI is InChI=1S/C29H34FNO3/c1-18-10-12-21(13-11-18)29-20(3)24(25(14-15-31)19(2)26(29)17-28(33)34)8-5-9-27(32)22-6-4-7-23(30)16-22/h6,10-13,16H,4-5,7-9,14-15,17,31H2,1-3H3,(H,33,34). The summed E-state index contributed by atoms with van der Waals surface area (Å²) in [5, 5.41) is 9.63. The van der Waals surface area contributed by atoms with E-state index in [1.54, 1.807) is 0 Å². The highest BCUT2D eigenvalue weighted by Crippen LogP contribution is 2.37. The van der Waals surface area contributed by atoms with E-state index >= 15 is 0 Å². The first kappa shape index (κ1) is 25.6. The van der Waals surface area contributed by atoms with Crippen LogP contribution in [0.4, 0.5) is 4.39 Å². The molecule has 0 aliphatic heterocycles. The van der Waals surface area contributed by atoms with Gasteiger partial charge in [-0.2, -0.15) is 0 Å². The Hall–Kier alpha value is -3.05. The van der Waals surface area contributed by atoms with Crippen LogP contribution in [0.3, 0.4) is 0 Å². The van der Waals surface area contributed by atoms with Crippen LogP contribution in [0.5, 0.6) is 0 Å². The SMILES string of the molecule is Cc1ccc(-c2c(C)c(CCCC(=O)C3=CCCC(F)=C3)c(CCN)c(C)c2CC(=O)O)cc1. The number of rotatable bonds is 10. The van der Waals surface area contributed by atoms with Crippen LogP contribution in [-0.2, 0) is 28.9 Å². The Bertz CT molecular complexity index is 1140. The molecule has 0 heterocycles. The second-order valence-electron chi connectivity index (χ2n) is 9.10. The van der Waals surface area contributed by atoms with E-state index in [9.17, 15) is 19.1 Å². The lowest BCUT2D eigenvalue weighted by atomic mass is 9.81. The number of hydrogen-bond donors (Lipinski definition) is 2. The summed E-state index contributed by atoms with van der Waals surface area (Å²) in [7, 11) is 0. The Morgan fingerprint density at radius 2 is 1.68 bits per heavy atom. The van der Waals surface area contributed by atoms with Crippen molar-refractivity contribution in [3.8, 4) is 11.1 Å². The molecule has 1 aliphatic rings. The molecule has 2 aromatic carbocycles. The molecule has 3 N–H and O–H groups in total. The van der Waals surface area contributed by atoms with Gasteiger partial charge in [-0.25, -0.2) is 4.39 Å². The molecule has 0 bridgehead atoms. The fourth-order valence-electron chi connectivity index (χ4n) is 4.93. The third kappa shape index (κ3) is 5.89. The van der Waals surface area contributed by atoms with E-state index < -0.39 is 5.97 Å². The average Bonchev–Trinajstić information content (AvgIpc) is 2.79. The number of Topliss-reactive ketones (excluding diaryl/α,β-unsaturated/α-hetero) is 1. The van der Waals surface area contributed by atoms with Gasteiger partial charge in [-0.05, 0) is 98.0 Å². The van der Waals surface area contributed by atoms with Crippen molar-refractivity contribution >= 4 is 11.8 Å². The summed E-state index contributed by atoms with van der Waals surface area (Å²) in [6.45, 7) is 6.50. The zero-order valence-electron chi connectivity index (χ0n) is 20.3. The molecular weight excluding hydrogens is 429 g/mol. The summed E-state index contributed by atoms with van der Waals surface area (Å²) in [5.41, 5.74) is 14.6. The van der Waals surface area contributed by atoms with E-state index in [0.29, 0.717) is 50.6 Å². The second kappa shape index (κ2) is 11.4. The van der Waals surface area contributed by atoms with Gasteiger partial charge >= 0.3 is 5.97 Å². The number of benzene rings is 2. The minimum Gasteiger partial charge on any atom is -0.481 e. The number of halogens is 1. The minimum absolute atomic E-state index is 0.0362. The largest absolute Gasteiger partial charge is 0.481 e. The van der Waals surface area contributed by atoms with Crippen LogP contribution in [0.15, 0.2) is 47.8 Å². The van der Waals surface area contributed by atoms with E-state index in [4.69, 9.17) is 5.73 Å². The van der Waals surface area contributed by atoms with Crippen LogP contribution >= 0.6 is 0 Å². The number of carbonyl (C=O) groups is 2. The van der Waals surface area contributed by atoms with Gasteiger partial charge in [0, 0.05) is 18.4 Å². The first-order chi connectivity index (χ1) is 16.2. The van der Waals surface area contributed by atoms with Gasteiger partial charge in [0.15, 0.2) is 5.78 Å². The quantitative estimate of drug-likeness (QED) is 0.462. The summed E-state index contributed by atoms with van der Waals surface area (Å²) in [6.07, 6.45) is 6.35. The summed E-state index contributed by atoms with van der Waals surface area (Å²) in [5.74, 6) is -1.14. The highest BCUT2D eigenvalue weighted by Gasteiger charge is 2.22. The molecule has 0 unspecified atom stereocenters. The first-order valence-electron chi connectivity index (χ1n) is 11.9. The highest BCUT2D eigenvalue weighted by molar-refractivity contribution is 5.98. The average molecular weight is 464 g/mol. The van der Waals surface area contributed by atoms with Crippen LogP contribution in [0, 0.1) is 20.8 Å². The molecule has 0 saturated carbocycles. The normalized spacial score (nSPS) is 13.4. The first-order valence-corrected chi connectivity index (χ1v) is 11.9. The number of carbonyl (C=O) groups excluding carboxylic acids is 1. The zero-order chi connectivity index (χ0) is 24.8. The van der Waals surface area contributed by atoms with Gasteiger partial charge < -0.3 is 10.8 Å². The van der Waals surface area contributed by atoms with Crippen molar-refractivity contribution in [1.29, 1.82) is 0 Å². The number of hydrogen-bond acceptors (Lipinski definition) is 3. The van der Waals surface area contributed by atoms with Crippen LogP contribution in [0.25, 0.3) is 11.1 Å². The number of carboxylic acids is 1. The molecule has 0 saturated heterocycles. The number of allylic oxidation sites excluding steroid dienone is 4. The third-order valence-corrected chi connectivity index (χ3v) is 6.67. The zero-order valence-corrected chi connectivity index (χ0v) is 20.3. The Labute approximate surface area is 201 Å². The molecular formula is C29H34FNO3. The monoisotopic (exact) mass is 463 g/mol. The van der Waals surface area contributed by atoms with Gasteiger partial charge in [0.2, 0.25) is 0 Å². The van der Waals surface area contributed by atoms with Crippen molar-refractivity contribution in [2.45, 2.75) is 65.7 Å². The fourth-order valence-corrected chi connectivity index (χ4v) is 4.93. The molecule has 0 fully saturated rings. The van der Waals surface area contributed by atoms with Gasteiger partial charge in [0.25, 0.3) is 0 Å². The van der Waals surface area contributed by atoms with E-state index in [1.807, 2.05) is 51.1 Å². The molecule has 1 aliphatic carbocycles. The van der Waals surface area contributed by atoms with E-state index in [-0.39, 0.29) is 18.0 Å². The number of nitrogens with two attached hydrogens (primary N) is 1.